The van der Waals surface area contributed by atoms with Gasteiger partial charge in [-0.05, 0) is 66.8 Å². The predicted molar refractivity (Wildman–Crippen MR) is 124 cm³/mol. The fraction of sp³-hybridized carbons (Fsp3) is 0.231. The van der Waals surface area contributed by atoms with Gasteiger partial charge in [-0.25, -0.2) is 5.84 Å². The van der Waals surface area contributed by atoms with Crippen LogP contribution in [-0.2, 0) is 11.2 Å². The molecule has 2 amide bonds. The van der Waals surface area contributed by atoms with Crippen molar-refractivity contribution in [3.8, 4) is 5.75 Å². The van der Waals surface area contributed by atoms with E-state index in [4.69, 9.17) is 10.6 Å². The van der Waals surface area contributed by atoms with Crippen molar-refractivity contribution in [2.75, 3.05) is 12.0 Å². The molecular formula is C26H27N3O3. The molecule has 2 unspecified atom stereocenters. The summed E-state index contributed by atoms with van der Waals surface area (Å²) >= 11 is 0. The molecule has 0 radical (unpaired) electrons. The smallest absolute Gasteiger partial charge is 0.265 e. The summed E-state index contributed by atoms with van der Waals surface area (Å²) in [5.74, 6) is 5.67. The maximum absolute atomic E-state index is 13.2. The van der Waals surface area contributed by atoms with E-state index in [2.05, 4.69) is 17.6 Å². The van der Waals surface area contributed by atoms with Crippen molar-refractivity contribution in [3.63, 3.8) is 0 Å². The van der Waals surface area contributed by atoms with Crippen LogP contribution in [0.1, 0.15) is 40.4 Å². The molecule has 0 aliphatic carbocycles. The van der Waals surface area contributed by atoms with Crippen LogP contribution in [0.4, 0.5) is 5.69 Å². The van der Waals surface area contributed by atoms with E-state index >= 15 is 0 Å². The highest BCUT2D eigenvalue weighted by molar-refractivity contribution is 6.03. The number of nitrogens with zero attached hydrogens (tertiary/aromatic N) is 1. The molecule has 1 aliphatic rings. The zero-order valence-corrected chi connectivity index (χ0v) is 18.0. The molecule has 1 aliphatic heterocycles. The zero-order valence-electron chi connectivity index (χ0n) is 18.0. The fourth-order valence-corrected chi connectivity index (χ4v) is 4.33. The quantitative estimate of drug-likeness (QED) is 0.245. The number of rotatable bonds is 8. The van der Waals surface area contributed by atoms with E-state index in [9.17, 15) is 9.59 Å². The Morgan fingerprint density at radius 2 is 1.69 bits per heavy atom. The Morgan fingerprint density at radius 3 is 2.31 bits per heavy atom. The maximum Gasteiger partial charge on any atom is 0.265 e. The molecular weight excluding hydrogens is 402 g/mol. The van der Waals surface area contributed by atoms with E-state index in [-0.39, 0.29) is 23.8 Å². The molecule has 164 valence electrons. The lowest BCUT2D eigenvalue weighted by atomic mass is 9.78. The molecule has 32 heavy (non-hydrogen) atoms. The first-order valence-corrected chi connectivity index (χ1v) is 10.7. The zero-order chi connectivity index (χ0) is 22.5. The number of hydrogen-bond acceptors (Lipinski definition) is 4. The molecule has 6 heteroatoms. The molecule has 1 saturated heterocycles. The second kappa shape index (κ2) is 9.66. The summed E-state index contributed by atoms with van der Waals surface area (Å²) in [5.41, 5.74) is 5.75. The maximum atomic E-state index is 13.2. The van der Waals surface area contributed by atoms with Crippen LogP contribution in [-0.4, -0.2) is 18.9 Å². The molecule has 0 bridgehead atoms. The second-order valence-electron chi connectivity index (χ2n) is 7.93. The minimum atomic E-state index is -0.340. The highest BCUT2D eigenvalue weighted by Crippen LogP contribution is 2.46. The summed E-state index contributed by atoms with van der Waals surface area (Å²) < 4.78 is 5.25. The number of hydrogen-bond donors (Lipinski definition) is 2. The van der Waals surface area contributed by atoms with Crippen molar-refractivity contribution in [2.45, 2.75) is 25.3 Å². The van der Waals surface area contributed by atoms with Crippen molar-refractivity contribution in [1.29, 1.82) is 0 Å². The molecule has 6 nitrogen and oxygen atoms in total. The summed E-state index contributed by atoms with van der Waals surface area (Å²) in [7, 11) is 1.62. The van der Waals surface area contributed by atoms with Gasteiger partial charge in [0.15, 0.2) is 0 Å². The minimum Gasteiger partial charge on any atom is -0.497 e. The standard InChI is InChI=1S/C26H27N3O3/c1-32-22-16-14-21(15-17-22)29-24(19-10-12-20(13-11-19)25(30)28-27)23(26(29)31)9-5-8-18-6-3-2-4-7-18/h2-4,6-7,10-17,23-24H,5,8-9,27H2,1H3,(H,28,30). The van der Waals surface area contributed by atoms with Crippen LogP contribution in [0.2, 0.25) is 0 Å². The Bertz CT molecular complexity index is 1070. The van der Waals surface area contributed by atoms with Crippen LogP contribution >= 0.6 is 0 Å². The fourth-order valence-electron chi connectivity index (χ4n) is 4.33. The Hall–Kier alpha value is -3.64. The lowest BCUT2D eigenvalue weighted by Gasteiger charge is -2.47. The van der Waals surface area contributed by atoms with E-state index in [0.717, 1.165) is 36.3 Å². The summed E-state index contributed by atoms with van der Waals surface area (Å²) in [4.78, 5) is 26.8. The van der Waals surface area contributed by atoms with Crippen molar-refractivity contribution >= 4 is 17.5 Å². The highest BCUT2D eigenvalue weighted by Gasteiger charge is 2.48. The number of nitrogens with one attached hydrogen (secondary N) is 1. The van der Waals surface area contributed by atoms with Crippen LogP contribution < -0.4 is 20.9 Å². The number of hydrazine groups is 1. The van der Waals surface area contributed by atoms with Gasteiger partial charge in [0.25, 0.3) is 5.91 Å². The Balaban J connectivity index is 1.55. The molecule has 3 aromatic rings. The monoisotopic (exact) mass is 429 g/mol. The van der Waals surface area contributed by atoms with Gasteiger partial charge in [0.2, 0.25) is 5.91 Å². The minimum absolute atomic E-state index is 0.0818. The van der Waals surface area contributed by atoms with E-state index < -0.39 is 0 Å². The lowest BCUT2D eigenvalue weighted by molar-refractivity contribution is -0.130. The van der Waals surface area contributed by atoms with E-state index in [0.29, 0.717) is 5.56 Å². The van der Waals surface area contributed by atoms with Crippen LogP contribution in [0, 0.1) is 5.92 Å². The summed E-state index contributed by atoms with van der Waals surface area (Å²) in [6.45, 7) is 0. The number of nitrogens with two attached hydrogens (primary N) is 1. The second-order valence-corrected chi connectivity index (χ2v) is 7.93. The normalized spacial score (nSPS) is 17.6. The number of methoxy groups -OCH3 is 1. The molecule has 0 aromatic heterocycles. The summed E-state index contributed by atoms with van der Waals surface area (Å²) in [5, 5.41) is 0. The number of nitrogen functional groups attached to an aromatic ring is 1. The number of carbonyl (C=O) groups is 2. The molecule has 0 saturated carbocycles. The topological polar surface area (TPSA) is 84.7 Å². The highest BCUT2D eigenvalue weighted by atomic mass is 16.5. The van der Waals surface area contributed by atoms with E-state index in [1.807, 2.05) is 59.5 Å². The number of benzene rings is 3. The summed E-state index contributed by atoms with van der Waals surface area (Å²) in [6, 6.07) is 25.1. The van der Waals surface area contributed by atoms with Crippen molar-refractivity contribution in [3.05, 3.63) is 95.6 Å². The van der Waals surface area contributed by atoms with Gasteiger partial charge in [-0.15, -0.1) is 0 Å². The first-order chi connectivity index (χ1) is 15.6. The molecule has 3 aromatic carbocycles. The average molecular weight is 430 g/mol. The average Bonchev–Trinajstić information content (AvgIpc) is 2.85. The molecule has 1 fully saturated rings. The Morgan fingerprint density at radius 1 is 1.00 bits per heavy atom. The number of carbonyl (C=O) groups excluding carboxylic acids is 2. The van der Waals surface area contributed by atoms with E-state index in [1.165, 1.54) is 5.56 Å². The van der Waals surface area contributed by atoms with Crippen LogP contribution in [0.3, 0.4) is 0 Å². The first kappa shape index (κ1) is 21.6. The van der Waals surface area contributed by atoms with Gasteiger partial charge in [-0.3, -0.25) is 15.0 Å². The molecule has 4 rings (SSSR count). The van der Waals surface area contributed by atoms with Gasteiger partial charge in [-0.2, -0.15) is 0 Å². The number of amides is 2. The summed E-state index contributed by atoms with van der Waals surface area (Å²) in [6.07, 6.45) is 2.67. The molecule has 1 heterocycles. The SMILES string of the molecule is COc1ccc(N2C(=O)C(CCCc3ccccc3)C2c2ccc(C(=O)NN)cc2)cc1. The Kier molecular flexibility index (Phi) is 6.52. The largest absolute Gasteiger partial charge is 0.497 e. The number of aryl methyl sites for hydroxylation is 1. The predicted octanol–water partition coefficient (Wildman–Crippen LogP) is 4.03. The van der Waals surface area contributed by atoms with Crippen molar-refractivity contribution in [2.24, 2.45) is 11.8 Å². The molecule has 0 spiro atoms. The van der Waals surface area contributed by atoms with Gasteiger partial charge in [-0.1, -0.05) is 42.5 Å². The number of ether oxygens (including phenoxy) is 1. The molecule has 3 N–H and O–H groups in total. The third-order valence-corrected chi connectivity index (χ3v) is 6.03. The van der Waals surface area contributed by atoms with Crippen LogP contribution in [0.15, 0.2) is 78.9 Å². The van der Waals surface area contributed by atoms with E-state index in [1.54, 1.807) is 19.2 Å². The number of β-lactam (4-membered cyclic amide) rings is 1. The molecule has 2 atom stereocenters. The van der Waals surface area contributed by atoms with Gasteiger partial charge in [0, 0.05) is 11.3 Å². The van der Waals surface area contributed by atoms with Crippen molar-refractivity contribution < 1.29 is 14.3 Å². The number of anilines is 1. The van der Waals surface area contributed by atoms with Crippen LogP contribution in [0.25, 0.3) is 0 Å². The van der Waals surface area contributed by atoms with Gasteiger partial charge < -0.3 is 9.64 Å². The van der Waals surface area contributed by atoms with Gasteiger partial charge in [0.05, 0.1) is 19.1 Å². The third-order valence-electron chi connectivity index (χ3n) is 6.03. The lowest BCUT2D eigenvalue weighted by Crippen LogP contribution is -2.55. The Labute approximate surface area is 188 Å². The van der Waals surface area contributed by atoms with Crippen LogP contribution in [0.5, 0.6) is 5.75 Å². The third kappa shape index (κ3) is 4.36. The first-order valence-electron chi connectivity index (χ1n) is 10.7. The van der Waals surface area contributed by atoms with Gasteiger partial charge in [0.1, 0.15) is 5.75 Å². The van der Waals surface area contributed by atoms with Gasteiger partial charge >= 0.3 is 0 Å². The van der Waals surface area contributed by atoms with Crippen molar-refractivity contribution in [1.82, 2.24) is 5.43 Å².